The van der Waals surface area contributed by atoms with Crippen molar-refractivity contribution in [3.8, 4) is 0 Å². The Morgan fingerprint density at radius 1 is 1.38 bits per heavy atom. The number of aromatic carboxylic acids is 1. The van der Waals surface area contributed by atoms with E-state index >= 15 is 0 Å². The van der Waals surface area contributed by atoms with Gasteiger partial charge in [0, 0.05) is 4.88 Å². The monoisotopic (exact) mass is 346 g/mol. The molecule has 21 heavy (non-hydrogen) atoms. The number of thiazole rings is 1. The van der Waals surface area contributed by atoms with Crippen LogP contribution >= 0.6 is 22.9 Å². The van der Waals surface area contributed by atoms with Gasteiger partial charge in [-0.05, 0) is 32.0 Å². The highest BCUT2D eigenvalue weighted by atomic mass is 35.5. The van der Waals surface area contributed by atoms with Gasteiger partial charge in [0.25, 0.3) is 10.0 Å². The molecule has 0 radical (unpaired) electrons. The minimum atomic E-state index is -4.00. The molecule has 6 nitrogen and oxygen atoms in total. The number of halogens is 1. The van der Waals surface area contributed by atoms with Crippen molar-refractivity contribution in [2.24, 2.45) is 0 Å². The van der Waals surface area contributed by atoms with E-state index in [-0.39, 0.29) is 20.6 Å². The molecule has 9 heteroatoms. The van der Waals surface area contributed by atoms with Crippen molar-refractivity contribution in [1.82, 2.24) is 4.98 Å². The molecule has 2 aromatic rings. The quantitative estimate of drug-likeness (QED) is 0.887. The van der Waals surface area contributed by atoms with Crippen molar-refractivity contribution in [3.63, 3.8) is 0 Å². The number of hydrogen-bond acceptors (Lipinski definition) is 5. The number of anilines is 1. The van der Waals surface area contributed by atoms with Crippen LogP contribution in [-0.2, 0) is 10.0 Å². The van der Waals surface area contributed by atoms with Crippen LogP contribution in [0.4, 0.5) is 5.13 Å². The highest BCUT2D eigenvalue weighted by molar-refractivity contribution is 7.93. The van der Waals surface area contributed by atoms with E-state index < -0.39 is 16.0 Å². The smallest absolute Gasteiger partial charge is 0.335 e. The Hall–Kier alpha value is -1.64. The molecule has 2 rings (SSSR count). The topological polar surface area (TPSA) is 96.4 Å². The van der Waals surface area contributed by atoms with E-state index in [2.05, 4.69) is 9.71 Å². The Morgan fingerprint density at radius 2 is 2.05 bits per heavy atom. The number of sulfonamides is 1. The van der Waals surface area contributed by atoms with Gasteiger partial charge in [0.1, 0.15) is 4.90 Å². The van der Waals surface area contributed by atoms with E-state index in [1.807, 2.05) is 6.92 Å². The van der Waals surface area contributed by atoms with Crippen molar-refractivity contribution in [3.05, 3.63) is 39.4 Å². The first kappa shape index (κ1) is 15.7. The lowest BCUT2D eigenvalue weighted by Gasteiger charge is -2.08. The van der Waals surface area contributed by atoms with Crippen molar-refractivity contribution in [2.45, 2.75) is 18.7 Å². The molecule has 0 aliphatic rings. The van der Waals surface area contributed by atoms with E-state index in [1.54, 1.807) is 6.92 Å². The summed E-state index contributed by atoms with van der Waals surface area (Å²) in [5.41, 5.74) is 0.564. The Kier molecular flexibility index (Phi) is 4.22. The number of aryl methyl sites for hydroxylation is 2. The molecule has 0 bridgehead atoms. The molecule has 0 unspecified atom stereocenters. The summed E-state index contributed by atoms with van der Waals surface area (Å²) in [6.45, 7) is 3.59. The highest BCUT2D eigenvalue weighted by Gasteiger charge is 2.21. The Morgan fingerprint density at radius 3 is 2.57 bits per heavy atom. The Balaban J connectivity index is 2.44. The minimum absolute atomic E-state index is 0.0579. The van der Waals surface area contributed by atoms with Gasteiger partial charge in [-0.1, -0.05) is 11.6 Å². The summed E-state index contributed by atoms with van der Waals surface area (Å²) in [6, 6.07) is 3.49. The summed E-state index contributed by atoms with van der Waals surface area (Å²) in [5, 5.41) is 9.08. The van der Waals surface area contributed by atoms with Crippen molar-refractivity contribution >= 4 is 44.1 Å². The van der Waals surface area contributed by atoms with Gasteiger partial charge in [0.2, 0.25) is 0 Å². The zero-order valence-electron chi connectivity index (χ0n) is 11.0. The SMILES string of the molecule is Cc1nc(NS(=O)(=O)c2cc(C(=O)O)ccc2Cl)sc1C. The molecule has 1 aromatic carbocycles. The minimum Gasteiger partial charge on any atom is -0.478 e. The third-order valence-electron chi connectivity index (χ3n) is 2.72. The fourth-order valence-electron chi connectivity index (χ4n) is 1.53. The van der Waals surface area contributed by atoms with Gasteiger partial charge in [-0.3, -0.25) is 4.72 Å². The lowest BCUT2D eigenvalue weighted by molar-refractivity contribution is 0.0696. The fraction of sp³-hybridized carbons (Fsp3) is 0.167. The average molecular weight is 347 g/mol. The van der Waals surface area contributed by atoms with Gasteiger partial charge < -0.3 is 5.11 Å². The first-order chi connectivity index (χ1) is 9.70. The van der Waals surface area contributed by atoms with Crippen LogP contribution in [0.1, 0.15) is 20.9 Å². The summed E-state index contributed by atoms with van der Waals surface area (Å²) < 4.78 is 26.9. The first-order valence-corrected chi connectivity index (χ1v) is 8.38. The van der Waals surface area contributed by atoms with Crippen LogP contribution in [-0.4, -0.2) is 24.5 Å². The molecule has 0 aliphatic heterocycles. The van der Waals surface area contributed by atoms with E-state index in [0.29, 0.717) is 0 Å². The van der Waals surface area contributed by atoms with Crippen molar-refractivity contribution in [2.75, 3.05) is 4.72 Å². The van der Waals surface area contributed by atoms with Gasteiger partial charge in [0.05, 0.1) is 16.3 Å². The van der Waals surface area contributed by atoms with Crippen LogP contribution in [0.5, 0.6) is 0 Å². The second-order valence-electron chi connectivity index (χ2n) is 4.22. The maximum absolute atomic E-state index is 12.3. The molecule has 0 aliphatic carbocycles. The zero-order valence-corrected chi connectivity index (χ0v) is 13.4. The molecule has 0 saturated heterocycles. The zero-order chi connectivity index (χ0) is 15.8. The maximum atomic E-state index is 12.3. The number of carbonyl (C=O) groups is 1. The summed E-state index contributed by atoms with van der Waals surface area (Å²) in [6.07, 6.45) is 0. The predicted molar refractivity (Wildman–Crippen MR) is 80.8 cm³/mol. The maximum Gasteiger partial charge on any atom is 0.335 e. The average Bonchev–Trinajstić information content (AvgIpc) is 2.67. The number of nitrogens with one attached hydrogen (secondary N) is 1. The van der Waals surface area contributed by atoms with Gasteiger partial charge >= 0.3 is 5.97 Å². The third kappa shape index (κ3) is 3.34. The lowest BCUT2D eigenvalue weighted by Crippen LogP contribution is -2.14. The van der Waals surface area contributed by atoms with Crippen LogP contribution in [0.2, 0.25) is 5.02 Å². The van der Waals surface area contributed by atoms with Gasteiger partial charge in [-0.2, -0.15) is 0 Å². The van der Waals surface area contributed by atoms with Gasteiger partial charge in [-0.25, -0.2) is 18.2 Å². The Labute approximate surface area is 130 Å². The largest absolute Gasteiger partial charge is 0.478 e. The molecule has 0 atom stereocenters. The van der Waals surface area contributed by atoms with Crippen LogP contribution in [0.3, 0.4) is 0 Å². The molecule has 0 amide bonds. The summed E-state index contributed by atoms with van der Waals surface area (Å²) in [4.78, 5) is 15.6. The first-order valence-electron chi connectivity index (χ1n) is 5.70. The number of aromatic nitrogens is 1. The molecular weight excluding hydrogens is 336 g/mol. The van der Waals surface area contributed by atoms with Crippen LogP contribution in [0.25, 0.3) is 0 Å². The van der Waals surface area contributed by atoms with Crippen molar-refractivity contribution < 1.29 is 18.3 Å². The second-order valence-corrected chi connectivity index (χ2v) is 7.48. The molecule has 0 fully saturated rings. The molecule has 0 saturated carbocycles. The van der Waals surface area contributed by atoms with Crippen LogP contribution in [0.15, 0.2) is 23.1 Å². The van der Waals surface area contributed by atoms with Crippen LogP contribution in [0, 0.1) is 13.8 Å². The number of carboxylic acid groups (broad SMARTS) is 1. The number of rotatable bonds is 4. The Bertz CT molecular complexity index is 795. The normalized spacial score (nSPS) is 11.4. The van der Waals surface area contributed by atoms with Gasteiger partial charge in [-0.15, -0.1) is 11.3 Å². The van der Waals surface area contributed by atoms with E-state index in [4.69, 9.17) is 16.7 Å². The summed E-state index contributed by atoms with van der Waals surface area (Å²) >= 11 is 7.05. The molecular formula is C12H11ClN2O4S2. The molecule has 0 spiro atoms. The third-order valence-corrected chi connectivity index (χ3v) is 5.66. The summed E-state index contributed by atoms with van der Waals surface area (Å²) in [7, 11) is -4.00. The number of nitrogens with zero attached hydrogens (tertiary/aromatic N) is 1. The van der Waals surface area contributed by atoms with Crippen LogP contribution < -0.4 is 4.72 Å². The second kappa shape index (κ2) is 5.63. The molecule has 1 aromatic heterocycles. The fourth-order valence-corrected chi connectivity index (χ4v) is 4.10. The number of benzene rings is 1. The van der Waals surface area contributed by atoms with Crippen molar-refractivity contribution in [1.29, 1.82) is 0 Å². The molecule has 1 heterocycles. The lowest BCUT2D eigenvalue weighted by atomic mass is 10.2. The summed E-state index contributed by atoms with van der Waals surface area (Å²) in [5.74, 6) is -1.23. The molecule has 112 valence electrons. The van der Waals surface area contributed by atoms with E-state index in [9.17, 15) is 13.2 Å². The predicted octanol–water partition coefficient (Wildman–Crippen LogP) is 2.91. The number of carboxylic acids is 1. The highest BCUT2D eigenvalue weighted by Crippen LogP contribution is 2.27. The molecule has 2 N–H and O–H groups in total. The standard InChI is InChI=1S/C12H11ClN2O4S2/c1-6-7(2)20-12(14-6)15-21(18,19)10-5-8(11(16)17)3-4-9(10)13/h3-5H,1-2H3,(H,14,15)(H,16,17). The number of hydrogen-bond donors (Lipinski definition) is 2. The van der Waals surface area contributed by atoms with E-state index in [0.717, 1.165) is 16.6 Å². The van der Waals surface area contributed by atoms with E-state index in [1.165, 1.54) is 23.5 Å². The van der Waals surface area contributed by atoms with Gasteiger partial charge in [0.15, 0.2) is 5.13 Å².